The molecule has 0 spiro atoms. The van der Waals surface area contributed by atoms with Crippen LogP contribution in [-0.2, 0) is 9.59 Å². The number of carbonyl (C=O) groups excluding carboxylic acids is 1. The fourth-order valence-corrected chi connectivity index (χ4v) is 1.36. The van der Waals surface area contributed by atoms with E-state index in [1.807, 2.05) is 0 Å². The molecular formula is C7H11NO3. The maximum absolute atomic E-state index is 11.1. The Morgan fingerprint density at radius 1 is 1.73 bits per heavy atom. The molecule has 2 atom stereocenters. The Morgan fingerprint density at radius 2 is 2.27 bits per heavy atom. The zero-order chi connectivity index (χ0) is 8.59. The summed E-state index contributed by atoms with van der Waals surface area (Å²) in [5.41, 5.74) is 0. The fourth-order valence-electron chi connectivity index (χ4n) is 1.36. The Kier molecular flexibility index (Phi) is 1.85. The van der Waals surface area contributed by atoms with Gasteiger partial charge in [0.15, 0.2) is 0 Å². The van der Waals surface area contributed by atoms with Crippen LogP contribution in [0.3, 0.4) is 0 Å². The number of aliphatic carboxylic acids is 1. The van der Waals surface area contributed by atoms with Crippen LogP contribution in [0.1, 0.15) is 13.3 Å². The summed E-state index contributed by atoms with van der Waals surface area (Å²) in [7, 11) is 1.53. The molecule has 0 aliphatic carbocycles. The van der Waals surface area contributed by atoms with E-state index in [0.717, 1.165) is 0 Å². The summed E-state index contributed by atoms with van der Waals surface area (Å²) in [5, 5.41) is 8.63. The Balaban J connectivity index is 2.75. The Morgan fingerprint density at radius 3 is 2.45 bits per heavy atom. The van der Waals surface area contributed by atoms with Crippen LogP contribution in [0.25, 0.3) is 0 Å². The zero-order valence-electron chi connectivity index (χ0n) is 6.57. The van der Waals surface area contributed by atoms with Gasteiger partial charge in [0.05, 0.1) is 0 Å². The second-order valence-corrected chi connectivity index (χ2v) is 2.94. The Bertz CT molecular complexity index is 202. The molecule has 0 aromatic rings. The van der Waals surface area contributed by atoms with Crippen molar-refractivity contribution in [3.63, 3.8) is 0 Å². The summed E-state index contributed by atoms with van der Waals surface area (Å²) < 4.78 is 0. The number of likely N-dealkylation sites (N-methyl/N-ethyl adjacent to an activating group) is 1. The molecular weight excluding hydrogens is 146 g/mol. The van der Waals surface area contributed by atoms with Crippen molar-refractivity contribution in [1.29, 1.82) is 0 Å². The van der Waals surface area contributed by atoms with Gasteiger partial charge in [-0.05, 0) is 6.42 Å². The number of carboxylic acids is 1. The van der Waals surface area contributed by atoms with E-state index in [-0.39, 0.29) is 11.8 Å². The molecule has 1 amide bonds. The minimum absolute atomic E-state index is 0.0719. The molecule has 1 saturated heterocycles. The number of carboxylic acid groups (broad SMARTS) is 1. The van der Waals surface area contributed by atoms with Gasteiger partial charge in [-0.15, -0.1) is 0 Å². The second kappa shape index (κ2) is 2.53. The first-order valence-corrected chi connectivity index (χ1v) is 3.53. The average molecular weight is 157 g/mol. The lowest BCUT2D eigenvalue weighted by Gasteiger charge is -2.14. The Labute approximate surface area is 64.8 Å². The smallest absolute Gasteiger partial charge is 0.326 e. The molecule has 0 radical (unpaired) electrons. The number of nitrogens with zero attached hydrogens (tertiary/aromatic N) is 1. The normalized spacial score (nSPS) is 31.1. The van der Waals surface area contributed by atoms with Gasteiger partial charge in [-0.25, -0.2) is 4.79 Å². The monoisotopic (exact) mass is 157 g/mol. The zero-order valence-corrected chi connectivity index (χ0v) is 6.57. The van der Waals surface area contributed by atoms with Crippen molar-refractivity contribution in [2.24, 2.45) is 5.92 Å². The van der Waals surface area contributed by atoms with E-state index in [0.29, 0.717) is 6.42 Å². The van der Waals surface area contributed by atoms with Gasteiger partial charge in [0.25, 0.3) is 0 Å². The van der Waals surface area contributed by atoms with Gasteiger partial charge in [-0.3, -0.25) is 4.79 Å². The Hall–Kier alpha value is -1.06. The van der Waals surface area contributed by atoms with Crippen molar-refractivity contribution in [3.8, 4) is 0 Å². The molecule has 1 aliphatic rings. The molecule has 1 N–H and O–H groups in total. The summed E-state index contributed by atoms with van der Waals surface area (Å²) in [6.07, 6.45) is 0.435. The van der Waals surface area contributed by atoms with E-state index in [9.17, 15) is 9.59 Å². The van der Waals surface area contributed by atoms with Crippen LogP contribution >= 0.6 is 0 Å². The SMILES string of the molecule is CC1CC(C(=O)O)N(C)C1=O. The third kappa shape index (κ3) is 1.20. The predicted octanol–water partition coefficient (Wildman–Crippen LogP) is -0.0622. The molecule has 62 valence electrons. The maximum atomic E-state index is 11.1. The van der Waals surface area contributed by atoms with E-state index in [2.05, 4.69) is 0 Å². The van der Waals surface area contributed by atoms with E-state index in [4.69, 9.17) is 5.11 Å². The highest BCUT2D eigenvalue weighted by atomic mass is 16.4. The first kappa shape index (κ1) is 8.04. The molecule has 0 aromatic heterocycles. The van der Waals surface area contributed by atoms with Gasteiger partial charge in [0.1, 0.15) is 6.04 Å². The van der Waals surface area contributed by atoms with Gasteiger partial charge in [-0.2, -0.15) is 0 Å². The summed E-state index contributed by atoms with van der Waals surface area (Å²) in [5.74, 6) is -1.12. The summed E-state index contributed by atoms with van der Waals surface area (Å²) >= 11 is 0. The van der Waals surface area contributed by atoms with Crippen molar-refractivity contribution >= 4 is 11.9 Å². The molecule has 0 aromatic carbocycles. The van der Waals surface area contributed by atoms with Gasteiger partial charge < -0.3 is 10.0 Å². The van der Waals surface area contributed by atoms with Crippen LogP contribution in [0.2, 0.25) is 0 Å². The lowest BCUT2D eigenvalue weighted by atomic mass is 10.1. The van der Waals surface area contributed by atoms with Crippen molar-refractivity contribution in [1.82, 2.24) is 4.90 Å². The second-order valence-electron chi connectivity index (χ2n) is 2.94. The maximum Gasteiger partial charge on any atom is 0.326 e. The van der Waals surface area contributed by atoms with Gasteiger partial charge in [0, 0.05) is 13.0 Å². The molecule has 11 heavy (non-hydrogen) atoms. The summed E-state index contributed by atoms with van der Waals surface area (Å²) in [6.45, 7) is 1.75. The molecule has 1 fully saturated rings. The highest BCUT2D eigenvalue weighted by molar-refractivity contribution is 5.88. The lowest BCUT2D eigenvalue weighted by Crippen LogP contribution is -2.35. The van der Waals surface area contributed by atoms with Crippen molar-refractivity contribution in [2.45, 2.75) is 19.4 Å². The summed E-state index contributed by atoms with van der Waals surface area (Å²) in [4.78, 5) is 22.9. The quantitative estimate of drug-likeness (QED) is 0.580. The van der Waals surface area contributed by atoms with Crippen LogP contribution in [-0.4, -0.2) is 35.0 Å². The van der Waals surface area contributed by atoms with Crippen molar-refractivity contribution < 1.29 is 14.7 Å². The molecule has 4 heteroatoms. The highest BCUT2D eigenvalue weighted by Gasteiger charge is 2.38. The highest BCUT2D eigenvalue weighted by Crippen LogP contribution is 2.22. The van der Waals surface area contributed by atoms with Crippen LogP contribution < -0.4 is 0 Å². The van der Waals surface area contributed by atoms with Crippen LogP contribution in [0, 0.1) is 5.92 Å². The fraction of sp³-hybridized carbons (Fsp3) is 0.714. The number of rotatable bonds is 1. The third-order valence-corrected chi connectivity index (χ3v) is 2.10. The van der Waals surface area contributed by atoms with Gasteiger partial charge in [-0.1, -0.05) is 6.92 Å². The predicted molar refractivity (Wildman–Crippen MR) is 38.0 cm³/mol. The number of likely N-dealkylation sites (tertiary alicyclic amines) is 1. The van der Waals surface area contributed by atoms with E-state index in [1.54, 1.807) is 6.92 Å². The van der Waals surface area contributed by atoms with Crippen LogP contribution in [0.5, 0.6) is 0 Å². The number of amides is 1. The topological polar surface area (TPSA) is 57.6 Å². The minimum Gasteiger partial charge on any atom is -0.480 e. The van der Waals surface area contributed by atoms with E-state index in [1.165, 1.54) is 11.9 Å². The van der Waals surface area contributed by atoms with E-state index < -0.39 is 12.0 Å². The van der Waals surface area contributed by atoms with Crippen LogP contribution in [0.15, 0.2) is 0 Å². The first-order chi connectivity index (χ1) is 5.04. The minimum atomic E-state index is -0.912. The molecule has 1 rings (SSSR count). The third-order valence-electron chi connectivity index (χ3n) is 2.10. The van der Waals surface area contributed by atoms with Gasteiger partial charge >= 0.3 is 5.97 Å². The molecule has 0 saturated carbocycles. The number of hydrogen-bond acceptors (Lipinski definition) is 2. The molecule has 4 nitrogen and oxygen atoms in total. The van der Waals surface area contributed by atoms with Crippen molar-refractivity contribution in [2.75, 3.05) is 7.05 Å². The molecule has 1 heterocycles. The number of carbonyl (C=O) groups is 2. The van der Waals surface area contributed by atoms with Gasteiger partial charge in [0.2, 0.25) is 5.91 Å². The van der Waals surface area contributed by atoms with E-state index >= 15 is 0 Å². The largest absolute Gasteiger partial charge is 0.480 e. The van der Waals surface area contributed by atoms with Crippen LogP contribution in [0.4, 0.5) is 0 Å². The molecule has 2 unspecified atom stereocenters. The lowest BCUT2D eigenvalue weighted by molar-refractivity contribution is -0.145. The average Bonchev–Trinajstić information content (AvgIpc) is 2.17. The summed E-state index contributed by atoms with van der Waals surface area (Å²) in [6, 6.07) is -0.613. The molecule has 0 bridgehead atoms. The molecule has 1 aliphatic heterocycles. The van der Waals surface area contributed by atoms with Crippen molar-refractivity contribution in [3.05, 3.63) is 0 Å². The number of hydrogen-bond donors (Lipinski definition) is 1. The standard InChI is InChI=1S/C7H11NO3/c1-4-3-5(7(10)11)8(2)6(4)9/h4-5H,3H2,1-2H3,(H,10,11). The first-order valence-electron chi connectivity index (χ1n) is 3.53.